The molecule has 9 heteroatoms. The van der Waals surface area contributed by atoms with Gasteiger partial charge in [0.1, 0.15) is 5.82 Å². The Balaban J connectivity index is 2.23. The Morgan fingerprint density at radius 3 is 2.48 bits per heavy atom. The fourth-order valence-corrected chi connectivity index (χ4v) is 1.89. The summed E-state index contributed by atoms with van der Waals surface area (Å²) in [7, 11) is 0. The second-order valence-electron chi connectivity index (χ2n) is 4.59. The lowest BCUT2D eigenvalue weighted by Gasteiger charge is -2.09. The van der Waals surface area contributed by atoms with E-state index in [1.807, 2.05) is 0 Å². The first kappa shape index (κ1) is 16.4. The molecule has 2 rings (SSSR count). The van der Waals surface area contributed by atoms with Crippen LogP contribution in [0.2, 0.25) is 0 Å². The highest BCUT2D eigenvalue weighted by molar-refractivity contribution is 6.05. The maximum atomic E-state index is 12.4. The third-order valence-electron chi connectivity index (χ3n) is 3.08. The normalized spacial score (nSPS) is 11.1. The van der Waals surface area contributed by atoms with Crippen molar-refractivity contribution in [2.45, 2.75) is 13.1 Å². The Hall–Kier alpha value is -2.97. The minimum absolute atomic E-state index is 0.0425. The summed E-state index contributed by atoms with van der Waals surface area (Å²) in [5, 5.41) is 13.1. The van der Waals surface area contributed by atoms with Crippen molar-refractivity contribution in [1.82, 2.24) is 4.98 Å². The molecule has 0 aliphatic rings. The van der Waals surface area contributed by atoms with Crippen molar-refractivity contribution in [3.05, 3.63) is 63.3 Å². The SMILES string of the molecule is Cc1c(C(=O)Nc2ccc(C(F)(F)F)cn2)cccc1[N+](=O)[O-]. The van der Waals surface area contributed by atoms with E-state index in [0.29, 0.717) is 6.20 Å². The number of nitro benzene ring substituents is 1. The summed E-state index contributed by atoms with van der Waals surface area (Å²) in [6, 6.07) is 5.76. The number of nitro groups is 1. The summed E-state index contributed by atoms with van der Waals surface area (Å²) in [5.41, 5.74) is -0.970. The van der Waals surface area contributed by atoms with Crippen molar-refractivity contribution < 1.29 is 22.9 Å². The minimum Gasteiger partial charge on any atom is -0.307 e. The van der Waals surface area contributed by atoms with Gasteiger partial charge in [0.2, 0.25) is 0 Å². The Kier molecular flexibility index (Phi) is 4.30. The first-order chi connectivity index (χ1) is 10.7. The Labute approximate surface area is 128 Å². The van der Waals surface area contributed by atoms with E-state index < -0.39 is 22.6 Å². The van der Waals surface area contributed by atoms with Crippen LogP contribution in [0, 0.1) is 17.0 Å². The third kappa shape index (κ3) is 3.62. The fraction of sp³-hybridized carbons (Fsp3) is 0.143. The lowest BCUT2D eigenvalue weighted by molar-refractivity contribution is -0.385. The Morgan fingerprint density at radius 2 is 1.96 bits per heavy atom. The van der Waals surface area contributed by atoms with E-state index in [4.69, 9.17) is 0 Å². The van der Waals surface area contributed by atoms with Crippen LogP contribution in [0.3, 0.4) is 0 Å². The summed E-state index contributed by atoms with van der Waals surface area (Å²) in [6.45, 7) is 1.41. The average Bonchev–Trinajstić information content (AvgIpc) is 2.46. The van der Waals surface area contributed by atoms with Crippen LogP contribution in [-0.4, -0.2) is 15.8 Å². The molecular formula is C14H10F3N3O3. The number of rotatable bonds is 3. The number of benzene rings is 1. The number of hydrogen-bond donors (Lipinski definition) is 1. The standard InChI is InChI=1S/C14H10F3N3O3/c1-8-10(3-2-4-11(8)20(22)23)13(21)19-12-6-5-9(7-18-12)14(15,16)17/h2-7H,1H3,(H,18,19,21). The van der Waals surface area contributed by atoms with Gasteiger partial charge in [-0.1, -0.05) is 6.07 Å². The number of aromatic nitrogens is 1. The van der Waals surface area contributed by atoms with Gasteiger partial charge < -0.3 is 5.32 Å². The van der Waals surface area contributed by atoms with Gasteiger partial charge >= 0.3 is 6.18 Å². The number of amides is 1. The number of alkyl halides is 3. The van der Waals surface area contributed by atoms with Crippen molar-refractivity contribution in [2.24, 2.45) is 0 Å². The lowest BCUT2D eigenvalue weighted by Crippen LogP contribution is -2.15. The Morgan fingerprint density at radius 1 is 1.26 bits per heavy atom. The number of hydrogen-bond acceptors (Lipinski definition) is 4. The highest BCUT2D eigenvalue weighted by atomic mass is 19.4. The van der Waals surface area contributed by atoms with Crippen LogP contribution in [0.1, 0.15) is 21.5 Å². The lowest BCUT2D eigenvalue weighted by atomic mass is 10.1. The molecule has 120 valence electrons. The van der Waals surface area contributed by atoms with Crippen molar-refractivity contribution in [3.63, 3.8) is 0 Å². The van der Waals surface area contributed by atoms with Gasteiger partial charge in [0.05, 0.1) is 10.5 Å². The largest absolute Gasteiger partial charge is 0.417 e. The van der Waals surface area contributed by atoms with Gasteiger partial charge in [-0.15, -0.1) is 0 Å². The van der Waals surface area contributed by atoms with E-state index >= 15 is 0 Å². The van der Waals surface area contributed by atoms with Crippen molar-refractivity contribution >= 4 is 17.4 Å². The molecule has 0 bridgehead atoms. The van der Waals surface area contributed by atoms with E-state index in [0.717, 1.165) is 12.1 Å². The van der Waals surface area contributed by atoms with Gasteiger partial charge in [-0.3, -0.25) is 14.9 Å². The van der Waals surface area contributed by atoms with Crippen LogP contribution >= 0.6 is 0 Å². The van der Waals surface area contributed by atoms with Crippen molar-refractivity contribution in [1.29, 1.82) is 0 Å². The summed E-state index contributed by atoms with van der Waals surface area (Å²) < 4.78 is 37.3. The number of halogens is 3. The predicted molar refractivity (Wildman–Crippen MR) is 75.0 cm³/mol. The smallest absolute Gasteiger partial charge is 0.307 e. The molecule has 1 amide bonds. The molecule has 1 heterocycles. The molecule has 23 heavy (non-hydrogen) atoms. The van der Waals surface area contributed by atoms with Gasteiger partial charge in [0, 0.05) is 23.4 Å². The van der Waals surface area contributed by atoms with Crippen LogP contribution in [0.4, 0.5) is 24.7 Å². The maximum Gasteiger partial charge on any atom is 0.417 e. The number of pyridine rings is 1. The second kappa shape index (κ2) is 6.03. The zero-order valence-corrected chi connectivity index (χ0v) is 11.7. The van der Waals surface area contributed by atoms with Crippen molar-refractivity contribution in [3.8, 4) is 0 Å². The van der Waals surface area contributed by atoms with Gasteiger partial charge in [-0.25, -0.2) is 4.98 Å². The number of nitrogens with zero attached hydrogens (tertiary/aromatic N) is 2. The molecule has 0 fully saturated rings. The van der Waals surface area contributed by atoms with E-state index in [2.05, 4.69) is 10.3 Å². The highest BCUT2D eigenvalue weighted by Crippen LogP contribution is 2.29. The monoisotopic (exact) mass is 325 g/mol. The van der Waals surface area contributed by atoms with E-state index in [9.17, 15) is 28.1 Å². The van der Waals surface area contributed by atoms with Crippen LogP contribution in [0.25, 0.3) is 0 Å². The quantitative estimate of drug-likeness (QED) is 0.690. The predicted octanol–water partition coefficient (Wildman–Crippen LogP) is 3.57. The molecule has 0 saturated heterocycles. The van der Waals surface area contributed by atoms with Gasteiger partial charge in [-0.2, -0.15) is 13.2 Å². The summed E-state index contributed by atoms with van der Waals surface area (Å²) in [5.74, 6) is -0.785. The molecule has 0 radical (unpaired) electrons. The maximum absolute atomic E-state index is 12.4. The van der Waals surface area contributed by atoms with Gasteiger partial charge in [-0.05, 0) is 25.1 Å². The van der Waals surface area contributed by atoms with Gasteiger partial charge in [0.25, 0.3) is 11.6 Å². The topological polar surface area (TPSA) is 85.1 Å². The molecule has 6 nitrogen and oxygen atoms in total. The first-order valence-corrected chi connectivity index (χ1v) is 6.29. The van der Waals surface area contributed by atoms with Crippen molar-refractivity contribution in [2.75, 3.05) is 5.32 Å². The summed E-state index contributed by atoms with van der Waals surface area (Å²) >= 11 is 0. The molecular weight excluding hydrogens is 315 g/mol. The number of carbonyl (C=O) groups excluding carboxylic acids is 1. The Bertz CT molecular complexity index is 758. The molecule has 1 aromatic heterocycles. The zero-order valence-electron chi connectivity index (χ0n) is 11.7. The summed E-state index contributed by atoms with van der Waals surface area (Å²) in [6.07, 6.45) is -3.93. The third-order valence-corrected chi connectivity index (χ3v) is 3.08. The second-order valence-corrected chi connectivity index (χ2v) is 4.59. The molecule has 1 aromatic carbocycles. The number of nitrogens with one attached hydrogen (secondary N) is 1. The van der Waals surface area contributed by atoms with Crippen LogP contribution in [0.15, 0.2) is 36.5 Å². The number of carbonyl (C=O) groups is 1. The van der Waals surface area contributed by atoms with Gasteiger partial charge in [0.15, 0.2) is 0 Å². The number of anilines is 1. The molecule has 0 aliphatic heterocycles. The minimum atomic E-state index is -4.52. The van der Waals surface area contributed by atoms with Crippen LogP contribution < -0.4 is 5.32 Å². The van der Waals surface area contributed by atoms with E-state index in [-0.39, 0.29) is 22.6 Å². The first-order valence-electron chi connectivity index (χ1n) is 6.29. The molecule has 0 aliphatic carbocycles. The molecule has 0 saturated carbocycles. The molecule has 0 unspecified atom stereocenters. The zero-order chi connectivity index (χ0) is 17.2. The van der Waals surface area contributed by atoms with Crippen LogP contribution in [-0.2, 0) is 6.18 Å². The van der Waals surface area contributed by atoms with E-state index in [1.165, 1.54) is 25.1 Å². The highest BCUT2D eigenvalue weighted by Gasteiger charge is 2.30. The molecule has 0 spiro atoms. The molecule has 1 N–H and O–H groups in total. The average molecular weight is 325 g/mol. The van der Waals surface area contributed by atoms with Crippen LogP contribution in [0.5, 0.6) is 0 Å². The molecule has 0 atom stereocenters. The summed E-state index contributed by atoms with van der Waals surface area (Å²) in [4.78, 5) is 25.8. The van der Waals surface area contributed by atoms with E-state index in [1.54, 1.807) is 0 Å². The fourth-order valence-electron chi connectivity index (χ4n) is 1.89. The molecule has 2 aromatic rings.